The first kappa shape index (κ1) is 13.9. The van der Waals surface area contributed by atoms with Crippen LogP contribution in [-0.4, -0.2) is 19.1 Å². The number of rotatable bonds is 4. The summed E-state index contributed by atoms with van der Waals surface area (Å²) in [6, 6.07) is 2.65. The summed E-state index contributed by atoms with van der Waals surface area (Å²) in [5.41, 5.74) is 6.23. The molecule has 4 heteroatoms. The first-order valence-electron chi connectivity index (χ1n) is 5.79. The summed E-state index contributed by atoms with van der Waals surface area (Å²) >= 11 is 0. The molecule has 2 nitrogen and oxygen atoms in total. The molecule has 0 amide bonds. The van der Waals surface area contributed by atoms with Crippen LogP contribution in [0.25, 0.3) is 0 Å². The molecule has 0 radical (unpaired) electrons. The number of anilines is 1. The van der Waals surface area contributed by atoms with Gasteiger partial charge in [-0.1, -0.05) is 0 Å². The van der Waals surface area contributed by atoms with E-state index in [0.29, 0.717) is 12.0 Å². The fraction of sp³-hybridized carbons (Fsp3) is 0.538. The van der Waals surface area contributed by atoms with Crippen LogP contribution in [0.4, 0.5) is 14.5 Å². The Kier molecular flexibility index (Phi) is 4.46. The number of hydrogen-bond acceptors (Lipinski definition) is 2. The molecule has 0 bridgehead atoms. The molecular formula is C13H20F2N2. The number of halogens is 2. The molecule has 0 saturated carbocycles. The number of nitrogens with two attached hydrogens (primary N) is 1. The van der Waals surface area contributed by atoms with Crippen molar-refractivity contribution in [1.82, 2.24) is 0 Å². The van der Waals surface area contributed by atoms with Crippen LogP contribution in [0.1, 0.15) is 26.3 Å². The van der Waals surface area contributed by atoms with Crippen molar-refractivity contribution in [1.29, 1.82) is 0 Å². The van der Waals surface area contributed by atoms with Gasteiger partial charge in [0.15, 0.2) is 0 Å². The summed E-state index contributed by atoms with van der Waals surface area (Å²) in [4.78, 5) is 1.58. The topological polar surface area (TPSA) is 29.3 Å². The summed E-state index contributed by atoms with van der Waals surface area (Å²) in [5.74, 6) is -1.06. The Balaban J connectivity index is 3.10. The fourth-order valence-electron chi connectivity index (χ4n) is 1.70. The minimum absolute atomic E-state index is 0.0217. The lowest BCUT2D eigenvalue weighted by molar-refractivity contribution is 0.562. The van der Waals surface area contributed by atoms with Gasteiger partial charge in [0.1, 0.15) is 17.3 Å². The van der Waals surface area contributed by atoms with Crippen molar-refractivity contribution in [2.45, 2.75) is 39.3 Å². The smallest absolute Gasteiger partial charge is 0.149 e. The minimum Gasteiger partial charge on any atom is -0.367 e. The molecule has 0 spiro atoms. The quantitative estimate of drug-likeness (QED) is 0.879. The molecule has 0 aliphatic rings. The maximum absolute atomic E-state index is 13.8. The van der Waals surface area contributed by atoms with Crippen LogP contribution in [0.15, 0.2) is 12.1 Å². The lowest BCUT2D eigenvalue weighted by Gasteiger charge is -2.25. The van der Waals surface area contributed by atoms with E-state index in [2.05, 4.69) is 0 Å². The molecule has 0 heterocycles. The molecule has 1 aromatic carbocycles. The third-order valence-electron chi connectivity index (χ3n) is 2.76. The van der Waals surface area contributed by atoms with Gasteiger partial charge in [-0.15, -0.1) is 0 Å². The average Bonchev–Trinajstić information content (AvgIpc) is 2.14. The van der Waals surface area contributed by atoms with Crippen molar-refractivity contribution in [3.63, 3.8) is 0 Å². The molecule has 0 fully saturated rings. The van der Waals surface area contributed by atoms with E-state index >= 15 is 0 Å². The van der Waals surface area contributed by atoms with Crippen LogP contribution >= 0.6 is 0 Å². The van der Waals surface area contributed by atoms with Crippen molar-refractivity contribution in [2.24, 2.45) is 5.73 Å². The summed E-state index contributed by atoms with van der Waals surface area (Å²) in [6.45, 7) is 5.58. The maximum atomic E-state index is 13.8. The van der Waals surface area contributed by atoms with Gasteiger partial charge in [0, 0.05) is 19.1 Å². The SMILES string of the molecule is CC(N)Cc1cc(F)c(N(C)C(C)C)c(F)c1. The van der Waals surface area contributed by atoms with E-state index in [9.17, 15) is 8.78 Å². The Hall–Kier alpha value is -1.16. The van der Waals surface area contributed by atoms with Gasteiger partial charge in [-0.2, -0.15) is 0 Å². The Labute approximate surface area is 101 Å². The second-order valence-corrected chi connectivity index (χ2v) is 4.79. The highest BCUT2D eigenvalue weighted by molar-refractivity contribution is 5.50. The summed E-state index contributed by atoms with van der Waals surface area (Å²) in [6.07, 6.45) is 0.472. The van der Waals surface area contributed by atoms with Crippen molar-refractivity contribution in [3.8, 4) is 0 Å². The minimum atomic E-state index is -0.531. The van der Waals surface area contributed by atoms with E-state index in [-0.39, 0.29) is 17.8 Å². The summed E-state index contributed by atoms with van der Waals surface area (Å²) in [5, 5.41) is 0. The van der Waals surface area contributed by atoms with Gasteiger partial charge in [0.2, 0.25) is 0 Å². The third kappa shape index (κ3) is 3.40. The molecule has 0 aliphatic carbocycles. The third-order valence-corrected chi connectivity index (χ3v) is 2.76. The van der Waals surface area contributed by atoms with Gasteiger partial charge in [-0.3, -0.25) is 0 Å². The molecule has 17 heavy (non-hydrogen) atoms. The zero-order valence-corrected chi connectivity index (χ0v) is 10.8. The molecule has 96 valence electrons. The Bertz CT molecular complexity index is 366. The first-order chi connectivity index (χ1) is 7.82. The van der Waals surface area contributed by atoms with E-state index in [0.717, 1.165) is 0 Å². The molecule has 1 aromatic rings. The van der Waals surface area contributed by atoms with Crippen molar-refractivity contribution in [2.75, 3.05) is 11.9 Å². The first-order valence-corrected chi connectivity index (χ1v) is 5.79. The fourth-order valence-corrected chi connectivity index (χ4v) is 1.70. The van der Waals surface area contributed by atoms with Crippen LogP contribution in [0.3, 0.4) is 0 Å². The number of benzene rings is 1. The lowest BCUT2D eigenvalue weighted by atomic mass is 10.1. The predicted molar refractivity (Wildman–Crippen MR) is 67.3 cm³/mol. The van der Waals surface area contributed by atoms with E-state index in [1.807, 2.05) is 20.8 Å². The Morgan fingerprint density at radius 2 is 1.65 bits per heavy atom. The Morgan fingerprint density at radius 1 is 1.18 bits per heavy atom. The summed E-state index contributed by atoms with van der Waals surface area (Å²) in [7, 11) is 1.68. The number of hydrogen-bond donors (Lipinski definition) is 1. The second-order valence-electron chi connectivity index (χ2n) is 4.79. The van der Waals surface area contributed by atoms with Crippen LogP contribution in [0, 0.1) is 11.6 Å². The lowest BCUT2D eigenvalue weighted by Crippen LogP contribution is -2.28. The molecule has 0 aromatic heterocycles. The van der Waals surface area contributed by atoms with Gasteiger partial charge in [-0.05, 0) is 44.9 Å². The molecular weight excluding hydrogens is 222 g/mol. The van der Waals surface area contributed by atoms with Crippen LogP contribution in [0.5, 0.6) is 0 Å². The van der Waals surface area contributed by atoms with Crippen molar-refractivity contribution in [3.05, 3.63) is 29.3 Å². The zero-order valence-electron chi connectivity index (χ0n) is 10.8. The van der Waals surface area contributed by atoms with Gasteiger partial charge >= 0.3 is 0 Å². The molecule has 0 aliphatic heterocycles. The zero-order chi connectivity index (χ0) is 13.2. The van der Waals surface area contributed by atoms with E-state index in [4.69, 9.17) is 5.73 Å². The second kappa shape index (κ2) is 5.45. The molecule has 1 unspecified atom stereocenters. The van der Waals surface area contributed by atoms with Crippen molar-refractivity contribution < 1.29 is 8.78 Å². The van der Waals surface area contributed by atoms with Crippen LogP contribution in [0.2, 0.25) is 0 Å². The van der Waals surface area contributed by atoms with Gasteiger partial charge in [-0.25, -0.2) is 8.78 Å². The van der Waals surface area contributed by atoms with E-state index in [1.165, 1.54) is 12.1 Å². The van der Waals surface area contributed by atoms with Crippen LogP contribution in [-0.2, 0) is 6.42 Å². The highest BCUT2D eigenvalue weighted by atomic mass is 19.1. The van der Waals surface area contributed by atoms with Crippen LogP contribution < -0.4 is 10.6 Å². The number of nitrogens with zero attached hydrogens (tertiary/aromatic N) is 1. The standard InChI is InChI=1S/C13H20F2N2/c1-8(2)17(4)13-11(14)6-10(5-9(3)16)7-12(13)15/h6-9H,5,16H2,1-4H3. The highest BCUT2D eigenvalue weighted by Gasteiger charge is 2.17. The largest absolute Gasteiger partial charge is 0.367 e. The molecule has 1 rings (SSSR count). The van der Waals surface area contributed by atoms with Gasteiger partial charge < -0.3 is 10.6 Å². The molecule has 2 N–H and O–H groups in total. The highest BCUT2D eigenvalue weighted by Crippen LogP contribution is 2.25. The van der Waals surface area contributed by atoms with E-state index < -0.39 is 11.6 Å². The normalized spacial score (nSPS) is 12.9. The predicted octanol–water partition coefficient (Wildman–Crippen LogP) is 2.70. The summed E-state index contributed by atoms with van der Waals surface area (Å²) < 4.78 is 27.7. The van der Waals surface area contributed by atoms with Gasteiger partial charge in [0.25, 0.3) is 0 Å². The maximum Gasteiger partial charge on any atom is 0.149 e. The Morgan fingerprint density at radius 3 is 2.00 bits per heavy atom. The van der Waals surface area contributed by atoms with E-state index in [1.54, 1.807) is 11.9 Å². The average molecular weight is 242 g/mol. The molecule has 0 saturated heterocycles. The van der Waals surface area contributed by atoms with Crippen molar-refractivity contribution >= 4 is 5.69 Å². The molecule has 1 atom stereocenters. The monoisotopic (exact) mass is 242 g/mol. The van der Waals surface area contributed by atoms with Gasteiger partial charge in [0.05, 0.1) is 0 Å².